The smallest absolute Gasteiger partial charge is 0.193 e. The summed E-state index contributed by atoms with van der Waals surface area (Å²) in [4.78, 5) is 13.0. The molecule has 0 aliphatic carbocycles. The van der Waals surface area contributed by atoms with Crippen LogP contribution in [0.15, 0.2) is 69.9 Å². The molecule has 186 valence electrons. The second-order valence-electron chi connectivity index (χ2n) is 8.24. The van der Waals surface area contributed by atoms with Gasteiger partial charge in [-0.05, 0) is 53.9 Å². The third-order valence-electron chi connectivity index (χ3n) is 5.84. The molecule has 0 saturated heterocycles. The average Bonchev–Trinajstić information content (AvgIpc) is 2.91. The van der Waals surface area contributed by atoms with Crippen LogP contribution in [0.2, 0.25) is 0 Å². The first-order chi connectivity index (χ1) is 17.6. The number of rotatable bonds is 10. The standard InChI is InChI=1S/C30H30O6/c1-5-6-15-35-22-11-8-20(9-12-22)7-10-21-16-24(33-3)18-28(34-4)30(21)29-19-26(31)25-17-23(32-2)13-14-27(25)36-29/h7-14,16-19H,5-6,15H2,1-4H3. The predicted octanol–water partition coefficient (Wildman–Crippen LogP) is 6.84. The molecule has 1 aromatic heterocycles. The molecule has 0 radical (unpaired) electrons. The highest BCUT2D eigenvalue weighted by atomic mass is 16.5. The van der Waals surface area contributed by atoms with E-state index >= 15 is 0 Å². The molecule has 0 aliphatic rings. The molecule has 0 amide bonds. The van der Waals surface area contributed by atoms with Crippen LogP contribution in [-0.2, 0) is 0 Å². The van der Waals surface area contributed by atoms with Crippen molar-refractivity contribution < 1.29 is 23.4 Å². The molecule has 0 atom stereocenters. The fourth-order valence-corrected chi connectivity index (χ4v) is 3.87. The minimum absolute atomic E-state index is 0.170. The number of fused-ring (bicyclic) bond motifs is 1. The summed E-state index contributed by atoms with van der Waals surface area (Å²) < 4.78 is 28.3. The lowest BCUT2D eigenvalue weighted by atomic mass is 10.0. The maximum absolute atomic E-state index is 13.0. The summed E-state index contributed by atoms with van der Waals surface area (Å²) in [6.45, 7) is 2.85. The van der Waals surface area contributed by atoms with E-state index in [0.29, 0.717) is 46.1 Å². The van der Waals surface area contributed by atoms with Gasteiger partial charge in [-0.25, -0.2) is 0 Å². The Bertz CT molecular complexity index is 1420. The molecule has 6 heteroatoms. The summed E-state index contributed by atoms with van der Waals surface area (Å²) in [5.41, 5.74) is 2.73. The van der Waals surface area contributed by atoms with E-state index in [1.807, 2.05) is 42.5 Å². The predicted molar refractivity (Wildman–Crippen MR) is 143 cm³/mol. The van der Waals surface area contributed by atoms with E-state index in [1.54, 1.807) is 45.6 Å². The number of hydrogen-bond donors (Lipinski definition) is 0. The van der Waals surface area contributed by atoms with Gasteiger partial charge in [-0.15, -0.1) is 0 Å². The molecule has 0 bridgehead atoms. The van der Waals surface area contributed by atoms with Gasteiger partial charge in [0, 0.05) is 12.1 Å². The van der Waals surface area contributed by atoms with Crippen LogP contribution in [0.25, 0.3) is 34.4 Å². The Morgan fingerprint density at radius 1 is 0.806 bits per heavy atom. The van der Waals surface area contributed by atoms with E-state index in [0.717, 1.165) is 29.7 Å². The normalized spacial score (nSPS) is 11.1. The Labute approximate surface area is 210 Å². The van der Waals surface area contributed by atoms with Crippen LogP contribution in [0, 0.1) is 0 Å². The van der Waals surface area contributed by atoms with Crippen molar-refractivity contribution in [1.82, 2.24) is 0 Å². The zero-order chi connectivity index (χ0) is 25.5. The summed E-state index contributed by atoms with van der Waals surface area (Å²) in [7, 11) is 4.74. The largest absolute Gasteiger partial charge is 0.497 e. The number of hydrogen-bond acceptors (Lipinski definition) is 6. The minimum atomic E-state index is -0.170. The zero-order valence-electron chi connectivity index (χ0n) is 21.0. The Balaban J connectivity index is 1.76. The fourth-order valence-electron chi connectivity index (χ4n) is 3.87. The summed E-state index contributed by atoms with van der Waals surface area (Å²) in [5.74, 6) is 3.00. The van der Waals surface area contributed by atoms with Crippen LogP contribution in [0.3, 0.4) is 0 Å². The van der Waals surface area contributed by atoms with Gasteiger partial charge in [0.25, 0.3) is 0 Å². The van der Waals surface area contributed by atoms with Gasteiger partial charge in [-0.2, -0.15) is 0 Å². The average molecular weight is 487 g/mol. The lowest BCUT2D eigenvalue weighted by Gasteiger charge is -2.14. The van der Waals surface area contributed by atoms with Gasteiger partial charge in [-0.1, -0.05) is 37.6 Å². The lowest BCUT2D eigenvalue weighted by Crippen LogP contribution is -2.02. The topological polar surface area (TPSA) is 67.1 Å². The molecular formula is C30H30O6. The lowest BCUT2D eigenvalue weighted by molar-refractivity contribution is 0.309. The Kier molecular flexibility index (Phi) is 7.95. The summed E-state index contributed by atoms with van der Waals surface area (Å²) in [5, 5.41) is 0.448. The summed E-state index contributed by atoms with van der Waals surface area (Å²) in [6.07, 6.45) is 6.06. The molecule has 0 fully saturated rings. The van der Waals surface area contributed by atoms with Crippen LogP contribution in [0.1, 0.15) is 30.9 Å². The quantitative estimate of drug-likeness (QED) is 0.181. The third kappa shape index (κ3) is 5.54. The van der Waals surface area contributed by atoms with E-state index in [2.05, 4.69) is 6.92 Å². The van der Waals surface area contributed by atoms with Crippen molar-refractivity contribution in [3.8, 4) is 34.3 Å². The van der Waals surface area contributed by atoms with Crippen LogP contribution < -0.4 is 24.4 Å². The summed E-state index contributed by atoms with van der Waals surface area (Å²) >= 11 is 0. The molecule has 0 unspecified atom stereocenters. The van der Waals surface area contributed by atoms with Gasteiger partial charge in [0.1, 0.15) is 34.3 Å². The van der Waals surface area contributed by atoms with Crippen molar-refractivity contribution in [2.45, 2.75) is 19.8 Å². The SMILES string of the molecule is CCCCOc1ccc(C=Cc2cc(OC)cc(OC)c2-c2cc(=O)c3cc(OC)ccc3o2)cc1. The highest BCUT2D eigenvalue weighted by Gasteiger charge is 2.17. The number of unbranched alkanes of at least 4 members (excludes halogenated alkanes) is 1. The van der Waals surface area contributed by atoms with Crippen LogP contribution in [0.5, 0.6) is 23.0 Å². The molecule has 4 aromatic rings. The van der Waals surface area contributed by atoms with Gasteiger partial charge in [0.2, 0.25) is 0 Å². The van der Waals surface area contributed by atoms with Gasteiger partial charge < -0.3 is 23.4 Å². The minimum Gasteiger partial charge on any atom is -0.497 e. The van der Waals surface area contributed by atoms with E-state index in [-0.39, 0.29) is 5.43 Å². The first kappa shape index (κ1) is 24.9. The molecular weight excluding hydrogens is 456 g/mol. The van der Waals surface area contributed by atoms with E-state index in [4.69, 9.17) is 23.4 Å². The molecule has 1 heterocycles. The molecule has 4 rings (SSSR count). The van der Waals surface area contributed by atoms with Crippen LogP contribution >= 0.6 is 0 Å². The highest BCUT2D eigenvalue weighted by molar-refractivity contribution is 5.86. The van der Waals surface area contributed by atoms with Crippen molar-refractivity contribution in [2.24, 2.45) is 0 Å². The molecule has 0 aliphatic heterocycles. The molecule has 0 N–H and O–H groups in total. The summed E-state index contributed by atoms with van der Waals surface area (Å²) in [6, 6.07) is 18.2. The zero-order valence-corrected chi connectivity index (χ0v) is 21.0. The molecule has 0 spiro atoms. The first-order valence-electron chi connectivity index (χ1n) is 11.9. The Hall–Kier alpha value is -4.19. The first-order valence-corrected chi connectivity index (χ1v) is 11.9. The van der Waals surface area contributed by atoms with Crippen molar-refractivity contribution in [2.75, 3.05) is 27.9 Å². The van der Waals surface area contributed by atoms with Crippen LogP contribution in [0.4, 0.5) is 0 Å². The van der Waals surface area contributed by atoms with Gasteiger partial charge in [0.15, 0.2) is 5.43 Å². The van der Waals surface area contributed by atoms with Gasteiger partial charge in [-0.3, -0.25) is 4.79 Å². The van der Waals surface area contributed by atoms with E-state index < -0.39 is 0 Å². The Morgan fingerprint density at radius 3 is 2.25 bits per heavy atom. The van der Waals surface area contributed by atoms with Crippen molar-refractivity contribution >= 4 is 23.1 Å². The fraction of sp³-hybridized carbons (Fsp3) is 0.233. The third-order valence-corrected chi connectivity index (χ3v) is 5.84. The highest BCUT2D eigenvalue weighted by Crippen LogP contribution is 2.39. The molecule has 6 nitrogen and oxygen atoms in total. The van der Waals surface area contributed by atoms with Crippen LogP contribution in [-0.4, -0.2) is 27.9 Å². The van der Waals surface area contributed by atoms with Gasteiger partial charge >= 0.3 is 0 Å². The van der Waals surface area contributed by atoms with E-state index in [1.165, 1.54) is 6.07 Å². The molecule has 36 heavy (non-hydrogen) atoms. The van der Waals surface area contributed by atoms with Crippen molar-refractivity contribution in [1.29, 1.82) is 0 Å². The number of methoxy groups -OCH3 is 3. The van der Waals surface area contributed by atoms with Gasteiger partial charge in [0.05, 0.1) is 38.9 Å². The second-order valence-corrected chi connectivity index (χ2v) is 8.24. The number of ether oxygens (including phenoxy) is 4. The van der Waals surface area contributed by atoms with Crippen molar-refractivity contribution in [3.63, 3.8) is 0 Å². The maximum Gasteiger partial charge on any atom is 0.193 e. The second kappa shape index (κ2) is 11.5. The van der Waals surface area contributed by atoms with E-state index in [9.17, 15) is 4.79 Å². The maximum atomic E-state index is 13.0. The van der Waals surface area contributed by atoms with Crippen molar-refractivity contribution in [3.05, 3.63) is 82.0 Å². The number of benzene rings is 3. The molecule has 3 aromatic carbocycles. The molecule has 0 saturated carbocycles. The monoisotopic (exact) mass is 486 g/mol. The Morgan fingerprint density at radius 2 is 1.56 bits per heavy atom.